The first-order chi connectivity index (χ1) is 16.8. The number of aromatic nitrogens is 3. The van der Waals surface area contributed by atoms with E-state index in [0.717, 1.165) is 5.56 Å². The number of ether oxygens (including phenoxy) is 2. The minimum atomic E-state index is -1.57. The summed E-state index contributed by atoms with van der Waals surface area (Å²) in [5.74, 6) is -1.12. The molecule has 10 heteroatoms. The van der Waals surface area contributed by atoms with Gasteiger partial charge in [-0.25, -0.2) is 8.91 Å². The lowest BCUT2D eigenvalue weighted by Crippen LogP contribution is -2.38. The summed E-state index contributed by atoms with van der Waals surface area (Å²) in [5, 5.41) is 4.17. The SMILES string of the molecule is CN(C)C[C@H](c1ccccc1)n1c(C2C=CC3=C(OCCO3)C2F)cn2nc(C(N)=O)cc2c1=O. The van der Waals surface area contributed by atoms with Crippen molar-refractivity contribution in [3.63, 3.8) is 0 Å². The fourth-order valence-corrected chi connectivity index (χ4v) is 4.62. The molecule has 3 aromatic rings. The van der Waals surface area contributed by atoms with Crippen molar-refractivity contribution >= 4 is 11.4 Å². The van der Waals surface area contributed by atoms with Crippen molar-refractivity contribution in [2.75, 3.05) is 33.9 Å². The van der Waals surface area contributed by atoms with Crippen molar-refractivity contribution in [2.45, 2.75) is 18.1 Å². The summed E-state index contributed by atoms with van der Waals surface area (Å²) >= 11 is 0. The maximum Gasteiger partial charge on any atom is 0.277 e. The van der Waals surface area contributed by atoms with Gasteiger partial charge in [0.05, 0.1) is 17.7 Å². The van der Waals surface area contributed by atoms with Gasteiger partial charge in [-0.05, 0) is 25.7 Å². The number of benzene rings is 1. The number of carbonyl (C=O) groups is 1. The number of primary amides is 1. The lowest BCUT2D eigenvalue weighted by molar-refractivity contribution is 0.0387. The van der Waals surface area contributed by atoms with E-state index in [1.165, 1.54) is 10.6 Å². The lowest BCUT2D eigenvalue weighted by atomic mass is 9.91. The molecule has 2 unspecified atom stereocenters. The smallest absolute Gasteiger partial charge is 0.277 e. The lowest BCUT2D eigenvalue weighted by Gasteiger charge is -2.33. The predicted octanol–water partition coefficient (Wildman–Crippen LogP) is 2.00. The monoisotopic (exact) mass is 479 g/mol. The van der Waals surface area contributed by atoms with Crippen LogP contribution in [-0.4, -0.2) is 65.0 Å². The van der Waals surface area contributed by atoms with Gasteiger partial charge in [-0.1, -0.05) is 36.4 Å². The van der Waals surface area contributed by atoms with Gasteiger partial charge in [0.2, 0.25) is 0 Å². The number of alkyl halides is 1. The molecular weight excluding hydrogens is 453 g/mol. The fraction of sp³-hybridized carbons (Fsp3) is 0.320. The van der Waals surface area contributed by atoms with Crippen LogP contribution in [0.2, 0.25) is 0 Å². The van der Waals surface area contributed by atoms with Gasteiger partial charge in [0.25, 0.3) is 11.5 Å². The Labute approximate surface area is 200 Å². The van der Waals surface area contributed by atoms with E-state index < -0.39 is 29.6 Å². The van der Waals surface area contributed by atoms with Gasteiger partial charge >= 0.3 is 0 Å². The van der Waals surface area contributed by atoms with Gasteiger partial charge < -0.3 is 20.1 Å². The summed E-state index contributed by atoms with van der Waals surface area (Å²) in [6.07, 6.45) is 3.37. The van der Waals surface area contributed by atoms with Crippen LogP contribution in [0.15, 0.2) is 71.1 Å². The van der Waals surface area contributed by atoms with E-state index >= 15 is 4.39 Å². The normalized spacial score (nSPS) is 20.5. The molecule has 0 saturated carbocycles. The van der Waals surface area contributed by atoms with Crippen LogP contribution in [0.1, 0.15) is 33.7 Å². The highest BCUT2D eigenvalue weighted by atomic mass is 19.1. The highest BCUT2D eigenvalue weighted by molar-refractivity contribution is 5.92. The molecule has 1 aliphatic carbocycles. The zero-order valence-electron chi connectivity index (χ0n) is 19.4. The Morgan fingerprint density at radius 1 is 1.26 bits per heavy atom. The van der Waals surface area contributed by atoms with E-state index in [1.807, 2.05) is 49.3 Å². The summed E-state index contributed by atoms with van der Waals surface area (Å²) in [5.41, 5.74) is 6.43. The first kappa shape index (κ1) is 22.9. The molecule has 1 aromatic carbocycles. The van der Waals surface area contributed by atoms with Crippen molar-refractivity contribution in [1.82, 2.24) is 19.1 Å². The number of carbonyl (C=O) groups excluding carboxylic acids is 1. The van der Waals surface area contributed by atoms with Crippen LogP contribution in [0.4, 0.5) is 4.39 Å². The number of nitrogens with two attached hydrogens (primary N) is 1. The second-order valence-corrected chi connectivity index (χ2v) is 8.85. The van der Waals surface area contributed by atoms with Gasteiger partial charge in [-0.15, -0.1) is 0 Å². The predicted molar refractivity (Wildman–Crippen MR) is 127 cm³/mol. The fourth-order valence-electron chi connectivity index (χ4n) is 4.62. The molecule has 5 rings (SSSR count). The van der Waals surface area contributed by atoms with E-state index in [4.69, 9.17) is 15.2 Å². The van der Waals surface area contributed by atoms with Crippen molar-refractivity contribution < 1.29 is 18.7 Å². The molecule has 0 saturated heterocycles. The van der Waals surface area contributed by atoms with Gasteiger partial charge in [0.1, 0.15) is 18.7 Å². The molecule has 0 spiro atoms. The average molecular weight is 480 g/mol. The molecule has 0 fully saturated rings. The van der Waals surface area contributed by atoms with Crippen molar-refractivity contribution in [2.24, 2.45) is 5.73 Å². The Kier molecular flexibility index (Phi) is 5.89. The Balaban J connectivity index is 1.75. The van der Waals surface area contributed by atoms with Crippen LogP contribution in [0.5, 0.6) is 0 Å². The number of fused-ring (bicyclic) bond motifs is 1. The molecule has 1 aliphatic heterocycles. The third-order valence-electron chi connectivity index (χ3n) is 6.20. The van der Waals surface area contributed by atoms with E-state index in [0.29, 0.717) is 24.6 Å². The number of nitrogens with zero attached hydrogens (tertiary/aromatic N) is 4. The van der Waals surface area contributed by atoms with E-state index in [-0.39, 0.29) is 23.6 Å². The third kappa shape index (κ3) is 4.10. The third-order valence-corrected chi connectivity index (χ3v) is 6.20. The van der Waals surface area contributed by atoms with E-state index in [1.54, 1.807) is 22.9 Å². The molecule has 0 radical (unpaired) electrons. The second-order valence-electron chi connectivity index (χ2n) is 8.85. The number of hydrogen-bond acceptors (Lipinski definition) is 6. The van der Waals surface area contributed by atoms with Crippen LogP contribution in [0.3, 0.4) is 0 Å². The number of likely N-dealkylation sites (N-methyl/N-ethyl adjacent to an activating group) is 1. The van der Waals surface area contributed by atoms with Crippen LogP contribution in [0, 0.1) is 0 Å². The number of rotatable bonds is 6. The first-order valence-corrected chi connectivity index (χ1v) is 11.3. The Bertz CT molecular complexity index is 1390. The average Bonchev–Trinajstić information content (AvgIpc) is 3.29. The standard InChI is InChI=1S/C25H26FN5O4/c1-29(2)13-19(15-6-4-3-5-7-15)31-20(14-30-18(25(31)33)12-17(28-30)24(27)32)16-8-9-21-23(22(16)26)35-11-10-34-21/h3-9,12,14,16,19,22H,10-11,13H2,1-2H3,(H2,27,32)/t16?,19-,22?/m1/s1. The Hall–Kier alpha value is -3.92. The molecule has 2 aromatic heterocycles. The highest BCUT2D eigenvalue weighted by Crippen LogP contribution is 2.37. The molecule has 3 heterocycles. The van der Waals surface area contributed by atoms with Crippen molar-refractivity contribution in [3.05, 3.63) is 93.6 Å². The summed E-state index contributed by atoms with van der Waals surface area (Å²) in [4.78, 5) is 27.7. The van der Waals surface area contributed by atoms with E-state index in [2.05, 4.69) is 5.10 Å². The van der Waals surface area contributed by atoms with Crippen molar-refractivity contribution in [3.8, 4) is 0 Å². The van der Waals surface area contributed by atoms with Gasteiger partial charge in [-0.2, -0.15) is 5.10 Å². The van der Waals surface area contributed by atoms with Crippen molar-refractivity contribution in [1.29, 1.82) is 0 Å². The molecular formula is C25H26FN5O4. The molecule has 3 atom stereocenters. The van der Waals surface area contributed by atoms with Gasteiger partial charge in [-0.3, -0.25) is 14.2 Å². The molecule has 2 aliphatic rings. The molecule has 1 amide bonds. The van der Waals surface area contributed by atoms with E-state index in [9.17, 15) is 9.59 Å². The van der Waals surface area contributed by atoms with Crippen LogP contribution < -0.4 is 11.3 Å². The first-order valence-electron chi connectivity index (χ1n) is 11.3. The number of hydrogen-bond donors (Lipinski definition) is 1. The summed E-state index contributed by atoms with van der Waals surface area (Å²) in [6.45, 7) is 1.07. The maximum absolute atomic E-state index is 15.9. The number of allylic oxidation sites excluding steroid dienone is 3. The zero-order valence-corrected chi connectivity index (χ0v) is 19.4. The Morgan fingerprint density at radius 3 is 2.71 bits per heavy atom. The summed E-state index contributed by atoms with van der Waals surface area (Å²) < 4.78 is 29.9. The largest absolute Gasteiger partial charge is 0.487 e. The quantitative estimate of drug-likeness (QED) is 0.580. The zero-order chi connectivity index (χ0) is 24.7. The van der Waals surface area contributed by atoms with Crippen LogP contribution in [-0.2, 0) is 9.47 Å². The molecule has 35 heavy (non-hydrogen) atoms. The van der Waals surface area contributed by atoms with Crippen LogP contribution in [0.25, 0.3) is 5.52 Å². The number of halogens is 1. The molecule has 9 nitrogen and oxygen atoms in total. The molecule has 0 bridgehead atoms. The highest BCUT2D eigenvalue weighted by Gasteiger charge is 2.37. The van der Waals surface area contributed by atoms with Gasteiger partial charge in [0.15, 0.2) is 23.4 Å². The second kappa shape index (κ2) is 9.03. The topological polar surface area (TPSA) is 104 Å². The molecule has 2 N–H and O–H groups in total. The summed E-state index contributed by atoms with van der Waals surface area (Å²) in [6, 6.07) is 10.5. The molecule has 182 valence electrons. The van der Waals surface area contributed by atoms with Gasteiger partial charge in [0, 0.05) is 18.8 Å². The minimum absolute atomic E-state index is 0.0420. The minimum Gasteiger partial charge on any atom is -0.487 e. The number of amides is 1. The maximum atomic E-state index is 15.9. The van der Waals surface area contributed by atoms with Crippen LogP contribution >= 0.6 is 0 Å². The Morgan fingerprint density at radius 2 is 2.00 bits per heavy atom. The summed E-state index contributed by atoms with van der Waals surface area (Å²) in [7, 11) is 3.82.